The van der Waals surface area contributed by atoms with Crippen molar-refractivity contribution in [2.45, 2.75) is 13.1 Å². The molecule has 3 aromatic heterocycles. The molecule has 3 rings (SSSR count). The van der Waals surface area contributed by atoms with Crippen molar-refractivity contribution in [2.24, 2.45) is 0 Å². The molecule has 0 bridgehead atoms. The first-order chi connectivity index (χ1) is 14.8. The van der Waals surface area contributed by atoms with Crippen LogP contribution in [0.25, 0.3) is 0 Å². The Bertz CT molecular complexity index is 1120. The Balaban J connectivity index is 1.39. The molecule has 0 aliphatic heterocycles. The van der Waals surface area contributed by atoms with E-state index in [1.54, 1.807) is 0 Å². The van der Waals surface area contributed by atoms with Gasteiger partial charge in [-0.2, -0.15) is 14.8 Å². The molecule has 0 spiro atoms. The van der Waals surface area contributed by atoms with Gasteiger partial charge in [-0.1, -0.05) is 5.16 Å². The highest BCUT2D eigenvalue weighted by Crippen LogP contribution is 2.08. The van der Waals surface area contributed by atoms with Crippen molar-refractivity contribution in [3.8, 4) is 0 Å². The van der Waals surface area contributed by atoms with E-state index in [1.807, 2.05) is 0 Å². The van der Waals surface area contributed by atoms with Gasteiger partial charge in [0.1, 0.15) is 25.5 Å². The Morgan fingerprint density at radius 2 is 1.90 bits per heavy atom. The fourth-order valence-electron chi connectivity index (χ4n) is 2.28. The van der Waals surface area contributed by atoms with E-state index in [4.69, 9.17) is 4.52 Å². The third-order valence-corrected chi connectivity index (χ3v) is 3.65. The van der Waals surface area contributed by atoms with Crippen molar-refractivity contribution >= 4 is 23.3 Å². The topological polar surface area (TPSA) is 219 Å². The second-order valence-electron chi connectivity index (χ2n) is 5.90. The van der Waals surface area contributed by atoms with E-state index in [0.29, 0.717) is 0 Å². The normalized spacial score (nSPS) is 10.6. The number of hydrogen-bond donors (Lipinski definition) is 2. The smallest absolute Gasteiger partial charge is 0.358 e. The zero-order chi connectivity index (χ0) is 22.4. The lowest BCUT2D eigenvalue weighted by molar-refractivity contribution is -0.389. The second kappa shape index (κ2) is 9.20. The van der Waals surface area contributed by atoms with Crippen molar-refractivity contribution in [3.05, 3.63) is 56.6 Å². The highest BCUT2D eigenvalue weighted by molar-refractivity contribution is 5.89. The van der Waals surface area contributed by atoms with E-state index >= 15 is 0 Å². The maximum Gasteiger partial charge on any atom is 0.389 e. The fourth-order valence-corrected chi connectivity index (χ4v) is 2.28. The Labute approximate surface area is 171 Å². The first-order valence-corrected chi connectivity index (χ1v) is 8.54. The molecule has 0 saturated heterocycles. The average Bonchev–Trinajstić information content (AvgIpc) is 3.46. The zero-order valence-electron chi connectivity index (χ0n) is 15.6. The maximum atomic E-state index is 12.0. The summed E-state index contributed by atoms with van der Waals surface area (Å²) in [6.45, 7) is -0.133. The van der Waals surface area contributed by atoms with E-state index in [9.17, 15) is 29.8 Å². The van der Waals surface area contributed by atoms with Gasteiger partial charge in [-0.25, -0.2) is 0 Å². The monoisotopic (exact) mass is 434 g/mol. The van der Waals surface area contributed by atoms with Crippen LogP contribution >= 0.6 is 0 Å². The summed E-state index contributed by atoms with van der Waals surface area (Å²) in [4.78, 5) is 47.6. The zero-order valence-corrected chi connectivity index (χ0v) is 15.6. The number of nitrogens with one attached hydrogen (secondary N) is 2. The van der Waals surface area contributed by atoms with Gasteiger partial charge in [0.25, 0.3) is 0 Å². The number of amides is 2. The van der Waals surface area contributed by atoms with Gasteiger partial charge in [0.05, 0.1) is 22.3 Å². The number of hydrogen-bond acceptors (Lipinski definition) is 11. The van der Waals surface area contributed by atoms with Crippen LogP contribution in [-0.4, -0.2) is 64.5 Å². The van der Waals surface area contributed by atoms with Crippen LogP contribution in [0.4, 0.5) is 11.5 Å². The van der Waals surface area contributed by atoms with Crippen LogP contribution < -0.4 is 10.6 Å². The van der Waals surface area contributed by atoms with Crippen molar-refractivity contribution in [2.75, 3.05) is 13.1 Å². The van der Waals surface area contributed by atoms with Crippen LogP contribution in [0, 0.1) is 20.2 Å². The van der Waals surface area contributed by atoms with Crippen LogP contribution in [-0.2, 0) is 17.9 Å². The summed E-state index contributed by atoms with van der Waals surface area (Å²) in [5.41, 5.74) is -0.232. The summed E-state index contributed by atoms with van der Waals surface area (Å²) >= 11 is 0. The van der Waals surface area contributed by atoms with Crippen LogP contribution in [0.15, 0.2) is 29.2 Å². The molecule has 0 radical (unpaired) electrons. The number of rotatable bonds is 10. The molecular weight excluding hydrogens is 420 g/mol. The van der Waals surface area contributed by atoms with Crippen molar-refractivity contribution < 1.29 is 24.0 Å². The first kappa shape index (κ1) is 21.0. The number of carbonyl (C=O) groups excluding carboxylic acids is 2. The maximum absolute atomic E-state index is 12.0. The van der Waals surface area contributed by atoms with Gasteiger partial charge in [-0.15, -0.1) is 0 Å². The Morgan fingerprint density at radius 3 is 2.58 bits per heavy atom. The molecular formula is C14H14N10O7. The minimum atomic E-state index is -0.679. The van der Waals surface area contributed by atoms with Gasteiger partial charge in [0.15, 0.2) is 5.82 Å². The molecule has 3 aromatic rings. The molecule has 0 fully saturated rings. The van der Waals surface area contributed by atoms with Gasteiger partial charge < -0.3 is 25.3 Å². The summed E-state index contributed by atoms with van der Waals surface area (Å²) < 4.78 is 7.16. The minimum absolute atomic E-state index is 0.0354. The molecule has 31 heavy (non-hydrogen) atoms. The van der Waals surface area contributed by atoms with Gasteiger partial charge in [0, 0.05) is 13.1 Å². The molecule has 17 heteroatoms. The molecule has 17 nitrogen and oxygen atoms in total. The van der Waals surface area contributed by atoms with Gasteiger partial charge in [0.2, 0.25) is 5.91 Å². The number of carbonyl (C=O) groups is 2. The molecule has 3 heterocycles. The fraction of sp³-hybridized carbons (Fsp3) is 0.286. The van der Waals surface area contributed by atoms with Gasteiger partial charge in [-0.05, 0) is 4.92 Å². The average molecular weight is 434 g/mol. The van der Waals surface area contributed by atoms with E-state index in [1.165, 1.54) is 16.9 Å². The molecule has 2 N–H and O–H groups in total. The SMILES string of the molecule is O=C(Cn1cc([N+](=O)[O-])cn1)NCCNC(=O)c1nc(Cn2ccc([N+](=O)[O-])n2)no1. The Morgan fingerprint density at radius 1 is 1.13 bits per heavy atom. The number of aromatic nitrogens is 6. The summed E-state index contributed by atoms with van der Waals surface area (Å²) in [6, 6.07) is 1.20. The lowest BCUT2D eigenvalue weighted by Gasteiger charge is -2.05. The van der Waals surface area contributed by atoms with Crippen LogP contribution in [0.2, 0.25) is 0 Å². The van der Waals surface area contributed by atoms with Crippen LogP contribution in [0.3, 0.4) is 0 Å². The lowest BCUT2D eigenvalue weighted by Crippen LogP contribution is -2.36. The summed E-state index contributed by atoms with van der Waals surface area (Å²) in [6.07, 6.45) is 3.51. The van der Waals surface area contributed by atoms with Crippen molar-refractivity contribution in [1.82, 2.24) is 40.3 Å². The molecule has 0 unspecified atom stereocenters. The van der Waals surface area contributed by atoms with E-state index in [-0.39, 0.29) is 49.4 Å². The largest absolute Gasteiger partial charge is 0.389 e. The third-order valence-electron chi connectivity index (χ3n) is 3.65. The molecule has 0 atom stereocenters. The predicted octanol–water partition coefficient (Wildman–Crippen LogP) is -1.13. The predicted molar refractivity (Wildman–Crippen MR) is 96.5 cm³/mol. The molecule has 0 aliphatic rings. The summed E-state index contributed by atoms with van der Waals surface area (Å²) in [7, 11) is 0. The highest BCUT2D eigenvalue weighted by atomic mass is 16.6. The number of nitrogens with zero attached hydrogens (tertiary/aromatic N) is 8. The van der Waals surface area contributed by atoms with Gasteiger partial charge >= 0.3 is 23.3 Å². The van der Waals surface area contributed by atoms with Crippen LogP contribution in [0.1, 0.15) is 16.5 Å². The second-order valence-corrected chi connectivity index (χ2v) is 5.90. The first-order valence-electron chi connectivity index (χ1n) is 8.54. The Kier molecular flexibility index (Phi) is 6.24. The van der Waals surface area contributed by atoms with Crippen molar-refractivity contribution in [3.63, 3.8) is 0 Å². The number of nitro groups is 2. The van der Waals surface area contributed by atoms with E-state index < -0.39 is 21.7 Å². The van der Waals surface area contributed by atoms with Crippen molar-refractivity contribution in [1.29, 1.82) is 0 Å². The third kappa shape index (κ3) is 5.65. The molecule has 162 valence electrons. The summed E-state index contributed by atoms with van der Waals surface area (Å²) in [5.74, 6) is -1.71. The Hall–Kier alpha value is -4.70. The summed E-state index contributed by atoms with van der Waals surface area (Å²) in [5, 5.41) is 37.1. The molecule has 0 aliphatic carbocycles. The molecule has 0 saturated carbocycles. The highest BCUT2D eigenvalue weighted by Gasteiger charge is 2.17. The van der Waals surface area contributed by atoms with Gasteiger partial charge in [-0.3, -0.25) is 24.4 Å². The minimum Gasteiger partial charge on any atom is -0.358 e. The molecule has 2 amide bonds. The standard InChI is InChI=1S/C14H14N10O7/c25-12(8-22-6-9(5-17-22)23(27)28)15-2-3-16-13(26)14-18-10(20-31-14)7-21-4-1-11(19-21)24(29)30/h1,4-6H,2-3,7-8H2,(H,15,25)(H,16,26). The van der Waals surface area contributed by atoms with E-state index in [0.717, 1.165) is 17.1 Å². The van der Waals surface area contributed by atoms with Crippen LogP contribution in [0.5, 0.6) is 0 Å². The lowest BCUT2D eigenvalue weighted by atomic mass is 10.5. The van der Waals surface area contributed by atoms with E-state index in [2.05, 4.69) is 31.0 Å². The quantitative estimate of drug-likeness (QED) is 0.221. The molecule has 0 aromatic carbocycles.